The highest BCUT2D eigenvalue weighted by Crippen LogP contribution is 2.16. The molecule has 0 aliphatic heterocycles. The smallest absolute Gasteiger partial charge is 0.328 e. The van der Waals surface area contributed by atoms with Gasteiger partial charge in [0.1, 0.15) is 6.04 Å². The quantitative estimate of drug-likeness (QED) is 0.744. The second kappa shape index (κ2) is 5.90. The Labute approximate surface area is 101 Å². The van der Waals surface area contributed by atoms with E-state index in [2.05, 4.69) is 6.07 Å². The van der Waals surface area contributed by atoms with Crippen LogP contribution in [0.2, 0.25) is 0 Å². The molecule has 4 heteroatoms. The predicted octanol–water partition coefficient (Wildman–Crippen LogP) is 1.95. The monoisotopic (exact) mass is 232 g/mol. The van der Waals surface area contributed by atoms with E-state index in [0.29, 0.717) is 12.2 Å². The number of hydrogen-bond acceptors (Lipinski definition) is 4. The molecule has 0 bridgehead atoms. The number of benzene rings is 1. The maximum Gasteiger partial charge on any atom is 0.328 e. The van der Waals surface area contributed by atoms with E-state index in [4.69, 9.17) is 10.00 Å². The van der Waals surface area contributed by atoms with Crippen LogP contribution in [-0.4, -0.2) is 25.7 Å². The summed E-state index contributed by atoms with van der Waals surface area (Å²) in [6.45, 7) is 3.95. The second-order valence-corrected chi connectivity index (χ2v) is 3.70. The van der Waals surface area contributed by atoms with E-state index in [0.717, 1.165) is 5.69 Å². The van der Waals surface area contributed by atoms with Gasteiger partial charge in [-0.1, -0.05) is 0 Å². The van der Waals surface area contributed by atoms with E-state index in [1.165, 1.54) is 0 Å². The summed E-state index contributed by atoms with van der Waals surface area (Å²) >= 11 is 0. The van der Waals surface area contributed by atoms with Gasteiger partial charge in [-0.15, -0.1) is 0 Å². The highest BCUT2D eigenvalue weighted by molar-refractivity contribution is 5.79. The number of anilines is 1. The van der Waals surface area contributed by atoms with E-state index in [1.807, 2.05) is 24.1 Å². The number of hydrogen-bond donors (Lipinski definition) is 0. The number of carbonyl (C=O) groups is 1. The highest BCUT2D eigenvalue weighted by atomic mass is 16.5. The third-order valence-corrected chi connectivity index (χ3v) is 2.61. The number of esters is 1. The van der Waals surface area contributed by atoms with Gasteiger partial charge >= 0.3 is 5.97 Å². The molecule has 0 aromatic heterocycles. The van der Waals surface area contributed by atoms with Crippen LogP contribution in [0.5, 0.6) is 0 Å². The number of ether oxygens (including phenoxy) is 1. The first-order valence-corrected chi connectivity index (χ1v) is 5.49. The maximum atomic E-state index is 11.6. The second-order valence-electron chi connectivity index (χ2n) is 3.70. The van der Waals surface area contributed by atoms with Crippen LogP contribution in [0, 0.1) is 11.3 Å². The first-order chi connectivity index (χ1) is 8.10. The molecule has 0 fully saturated rings. The third-order valence-electron chi connectivity index (χ3n) is 2.61. The van der Waals surface area contributed by atoms with Gasteiger partial charge in [0.2, 0.25) is 0 Å². The molecule has 0 N–H and O–H groups in total. The first-order valence-electron chi connectivity index (χ1n) is 5.49. The summed E-state index contributed by atoms with van der Waals surface area (Å²) in [5, 5.41) is 8.70. The molecule has 90 valence electrons. The molecule has 0 heterocycles. The fourth-order valence-corrected chi connectivity index (χ4v) is 1.42. The summed E-state index contributed by atoms with van der Waals surface area (Å²) in [5.41, 5.74) is 1.48. The molecule has 0 amide bonds. The van der Waals surface area contributed by atoms with Crippen molar-refractivity contribution >= 4 is 11.7 Å². The Morgan fingerprint density at radius 3 is 2.53 bits per heavy atom. The predicted molar refractivity (Wildman–Crippen MR) is 65.7 cm³/mol. The minimum absolute atomic E-state index is 0.251. The molecule has 4 nitrogen and oxygen atoms in total. The summed E-state index contributed by atoms with van der Waals surface area (Å²) in [6.07, 6.45) is 0. The molecule has 0 aliphatic carbocycles. The molecule has 1 rings (SSSR count). The lowest BCUT2D eigenvalue weighted by molar-refractivity contribution is -0.144. The average molecular weight is 232 g/mol. The van der Waals surface area contributed by atoms with Gasteiger partial charge < -0.3 is 9.64 Å². The van der Waals surface area contributed by atoms with Gasteiger partial charge in [0.25, 0.3) is 0 Å². The molecule has 1 aromatic rings. The van der Waals surface area contributed by atoms with Gasteiger partial charge in [0, 0.05) is 12.7 Å². The molecule has 0 saturated carbocycles. The SMILES string of the molecule is CCOC(=O)C(C)N(C)c1ccc(C#N)cc1. The largest absolute Gasteiger partial charge is 0.464 e. The Balaban J connectivity index is 2.78. The van der Waals surface area contributed by atoms with Gasteiger partial charge in [-0.2, -0.15) is 5.26 Å². The molecule has 0 aliphatic rings. The summed E-state index contributed by atoms with van der Waals surface area (Å²) in [7, 11) is 1.82. The molecule has 17 heavy (non-hydrogen) atoms. The van der Waals surface area contributed by atoms with E-state index >= 15 is 0 Å². The molecule has 0 saturated heterocycles. The van der Waals surface area contributed by atoms with Crippen LogP contribution in [0.1, 0.15) is 19.4 Å². The summed E-state index contributed by atoms with van der Waals surface area (Å²) < 4.78 is 4.96. The maximum absolute atomic E-state index is 11.6. The lowest BCUT2D eigenvalue weighted by Crippen LogP contribution is -2.37. The highest BCUT2D eigenvalue weighted by Gasteiger charge is 2.19. The summed E-state index contributed by atoms with van der Waals surface area (Å²) in [4.78, 5) is 13.4. The normalized spacial score (nSPS) is 11.4. The Bertz CT molecular complexity index is 420. The number of nitrogens with zero attached hydrogens (tertiary/aromatic N) is 2. The molecule has 1 atom stereocenters. The lowest BCUT2D eigenvalue weighted by atomic mass is 10.2. The van der Waals surface area contributed by atoms with Crippen molar-refractivity contribution in [3.8, 4) is 6.07 Å². The number of likely N-dealkylation sites (N-methyl/N-ethyl adjacent to an activating group) is 1. The standard InChI is InChI=1S/C13H16N2O2/c1-4-17-13(16)10(2)15(3)12-7-5-11(9-14)6-8-12/h5-8,10H,4H2,1-3H3. The Hall–Kier alpha value is -2.02. The minimum Gasteiger partial charge on any atom is -0.464 e. The van der Waals surface area contributed by atoms with Gasteiger partial charge in [-0.3, -0.25) is 0 Å². The fraction of sp³-hybridized carbons (Fsp3) is 0.385. The molecular formula is C13H16N2O2. The van der Waals surface area contributed by atoms with Gasteiger partial charge in [-0.25, -0.2) is 4.79 Å². The number of rotatable bonds is 4. The minimum atomic E-state index is -0.345. The van der Waals surface area contributed by atoms with E-state index < -0.39 is 0 Å². The van der Waals surface area contributed by atoms with Crippen molar-refractivity contribution in [3.05, 3.63) is 29.8 Å². The van der Waals surface area contributed by atoms with Crippen LogP contribution in [-0.2, 0) is 9.53 Å². The van der Waals surface area contributed by atoms with Crippen LogP contribution < -0.4 is 4.90 Å². The topological polar surface area (TPSA) is 53.3 Å². The molecule has 0 spiro atoms. The Morgan fingerprint density at radius 2 is 2.06 bits per heavy atom. The lowest BCUT2D eigenvalue weighted by Gasteiger charge is -2.25. The van der Waals surface area contributed by atoms with Crippen LogP contribution in [0.15, 0.2) is 24.3 Å². The van der Waals surface area contributed by atoms with Crippen molar-refractivity contribution in [1.82, 2.24) is 0 Å². The van der Waals surface area contributed by atoms with E-state index in [-0.39, 0.29) is 12.0 Å². The van der Waals surface area contributed by atoms with Crippen molar-refractivity contribution in [2.75, 3.05) is 18.6 Å². The van der Waals surface area contributed by atoms with Crippen LogP contribution >= 0.6 is 0 Å². The average Bonchev–Trinajstić information content (AvgIpc) is 2.37. The van der Waals surface area contributed by atoms with Crippen LogP contribution in [0.3, 0.4) is 0 Å². The molecular weight excluding hydrogens is 216 g/mol. The van der Waals surface area contributed by atoms with E-state index in [9.17, 15) is 4.79 Å². The Kier molecular flexibility index (Phi) is 4.53. The van der Waals surface area contributed by atoms with Gasteiger partial charge in [0.05, 0.1) is 18.2 Å². The van der Waals surface area contributed by atoms with Crippen LogP contribution in [0.25, 0.3) is 0 Å². The number of carbonyl (C=O) groups excluding carboxylic acids is 1. The van der Waals surface area contributed by atoms with Crippen molar-refractivity contribution < 1.29 is 9.53 Å². The van der Waals surface area contributed by atoms with Crippen LogP contribution in [0.4, 0.5) is 5.69 Å². The van der Waals surface area contributed by atoms with Gasteiger partial charge in [0.15, 0.2) is 0 Å². The number of nitriles is 1. The first kappa shape index (κ1) is 13.0. The third kappa shape index (κ3) is 3.22. The summed E-state index contributed by atoms with van der Waals surface area (Å²) in [5.74, 6) is -0.251. The zero-order valence-corrected chi connectivity index (χ0v) is 10.3. The fourth-order valence-electron chi connectivity index (χ4n) is 1.42. The van der Waals surface area contributed by atoms with Crippen molar-refractivity contribution in [1.29, 1.82) is 5.26 Å². The zero-order valence-electron chi connectivity index (χ0n) is 10.3. The zero-order chi connectivity index (χ0) is 12.8. The summed E-state index contributed by atoms with van der Waals surface area (Å²) in [6, 6.07) is 8.79. The van der Waals surface area contributed by atoms with Crippen molar-refractivity contribution in [2.45, 2.75) is 19.9 Å². The van der Waals surface area contributed by atoms with E-state index in [1.54, 1.807) is 26.0 Å². The van der Waals surface area contributed by atoms with Crippen molar-refractivity contribution in [3.63, 3.8) is 0 Å². The molecule has 0 radical (unpaired) electrons. The molecule has 1 aromatic carbocycles. The van der Waals surface area contributed by atoms with Crippen molar-refractivity contribution in [2.24, 2.45) is 0 Å². The van der Waals surface area contributed by atoms with Gasteiger partial charge in [-0.05, 0) is 38.1 Å². The Morgan fingerprint density at radius 1 is 1.47 bits per heavy atom. The molecule has 1 unspecified atom stereocenters.